The highest BCUT2D eigenvalue weighted by atomic mass is 35.5. The minimum atomic E-state index is -0.453. The van der Waals surface area contributed by atoms with Crippen molar-refractivity contribution < 1.29 is 14.3 Å². The van der Waals surface area contributed by atoms with Crippen LogP contribution in [0.25, 0.3) is 0 Å². The summed E-state index contributed by atoms with van der Waals surface area (Å²) in [5.74, 6) is 0.268. The molecule has 3 amide bonds. The van der Waals surface area contributed by atoms with Gasteiger partial charge in [0.05, 0.1) is 12.8 Å². The molecule has 7 heteroatoms. The molecule has 0 heterocycles. The van der Waals surface area contributed by atoms with Crippen LogP contribution in [0.2, 0.25) is 5.02 Å². The minimum Gasteiger partial charge on any atom is -0.495 e. The number of rotatable bonds is 4. The first-order valence-corrected chi connectivity index (χ1v) is 7.15. The third kappa shape index (κ3) is 4.89. The molecule has 0 radical (unpaired) electrons. The Kier molecular flexibility index (Phi) is 5.43. The van der Waals surface area contributed by atoms with E-state index in [0.29, 0.717) is 27.8 Å². The fourth-order valence-electron chi connectivity index (χ4n) is 1.94. The van der Waals surface area contributed by atoms with Crippen LogP contribution in [0.5, 0.6) is 5.75 Å². The van der Waals surface area contributed by atoms with Crippen LogP contribution >= 0.6 is 11.6 Å². The van der Waals surface area contributed by atoms with Gasteiger partial charge in [0, 0.05) is 23.3 Å². The summed E-state index contributed by atoms with van der Waals surface area (Å²) in [6, 6.07) is 11.3. The maximum absolute atomic E-state index is 12.1. The zero-order valence-electron chi connectivity index (χ0n) is 12.6. The third-order valence-electron chi connectivity index (χ3n) is 2.85. The first-order valence-electron chi connectivity index (χ1n) is 6.77. The average Bonchev–Trinajstić information content (AvgIpc) is 2.46. The van der Waals surface area contributed by atoms with Crippen molar-refractivity contribution >= 4 is 40.6 Å². The van der Waals surface area contributed by atoms with Crippen molar-refractivity contribution in [2.75, 3.05) is 23.1 Å². The molecule has 0 atom stereocenters. The predicted molar refractivity (Wildman–Crippen MR) is 91.4 cm³/mol. The molecular formula is C16H16ClN3O3. The van der Waals surface area contributed by atoms with Crippen LogP contribution in [0.15, 0.2) is 42.5 Å². The Bertz CT molecular complexity index is 734. The topological polar surface area (TPSA) is 79.5 Å². The molecule has 23 heavy (non-hydrogen) atoms. The second-order valence-corrected chi connectivity index (χ2v) is 5.12. The van der Waals surface area contributed by atoms with Gasteiger partial charge in [0.1, 0.15) is 5.75 Å². The smallest absolute Gasteiger partial charge is 0.323 e. The Morgan fingerprint density at radius 1 is 1.00 bits per heavy atom. The molecule has 120 valence electrons. The molecule has 2 rings (SSSR count). The van der Waals surface area contributed by atoms with Crippen LogP contribution in [0.1, 0.15) is 6.92 Å². The average molecular weight is 334 g/mol. The van der Waals surface area contributed by atoms with Crippen LogP contribution in [0, 0.1) is 0 Å². The highest BCUT2D eigenvalue weighted by Gasteiger charge is 2.09. The summed E-state index contributed by atoms with van der Waals surface area (Å²) in [6.45, 7) is 1.41. The maximum Gasteiger partial charge on any atom is 0.323 e. The van der Waals surface area contributed by atoms with Gasteiger partial charge >= 0.3 is 6.03 Å². The molecule has 0 spiro atoms. The van der Waals surface area contributed by atoms with E-state index in [1.54, 1.807) is 42.5 Å². The number of anilines is 3. The molecule has 0 bridgehead atoms. The minimum absolute atomic E-state index is 0.204. The summed E-state index contributed by atoms with van der Waals surface area (Å²) >= 11 is 5.87. The molecule has 2 aromatic rings. The first-order chi connectivity index (χ1) is 11.0. The summed E-state index contributed by atoms with van der Waals surface area (Å²) in [6.07, 6.45) is 0. The van der Waals surface area contributed by atoms with E-state index in [9.17, 15) is 9.59 Å². The van der Waals surface area contributed by atoms with Gasteiger partial charge in [0.25, 0.3) is 0 Å². The summed E-state index contributed by atoms with van der Waals surface area (Å²) in [5, 5.41) is 8.50. The Morgan fingerprint density at radius 3 is 2.39 bits per heavy atom. The summed E-state index contributed by atoms with van der Waals surface area (Å²) in [5.41, 5.74) is 1.54. The molecule has 0 saturated heterocycles. The number of hydrogen-bond donors (Lipinski definition) is 3. The van der Waals surface area contributed by atoms with Crippen molar-refractivity contribution in [1.82, 2.24) is 0 Å². The SMILES string of the molecule is COc1ccc(NC(C)=O)cc1NC(=O)Nc1cccc(Cl)c1. The number of carbonyl (C=O) groups excluding carboxylic acids is 2. The van der Waals surface area contributed by atoms with Gasteiger partial charge in [0.2, 0.25) is 5.91 Å². The van der Waals surface area contributed by atoms with Gasteiger partial charge in [-0.05, 0) is 36.4 Å². The number of halogens is 1. The van der Waals surface area contributed by atoms with Gasteiger partial charge in [-0.3, -0.25) is 4.79 Å². The van der Waals surface area contributed by atoms with Gasteiger partial charge in [0.15, 0.2) is 0 Å². The highest BCUT2D eigenvalue weighted by molar-refractivity contribution is 6.30. The largest absolute Gasteiger partial charge is 0.495 e. The number of amides is 3. The van der Waals surface area contributed by atoms with Crippen molar-refractivity contribution in [2.24, 2.45) is 0 Å². The van der Waals surface area contributed by atoms with Crippen molar-refractivity contribution in [3.8, 4) is 5.75 Å². The predicted octanol–water partition coefficient (Wildman–Crippen LogP) is 3.95. The Hall–Kier alpha value is -2.73. The van der Waals surface area contributed by atoms with Crippen LogP contribution in [-0.2, 0) is 4.79 Å². The number of benzene rings is 2. The van der Waals surface area contributed by atoms with Crippen molar-refractivity contribution in [3.05, 3.63) is 47.5 Å². The van der Waals surface area contributed by atoms with Crippen LogP contribution in [-0.4, -0.2) is 19.0 Å². The molecule has 3 N–H and O–H groups in total. The lowest BCUT2D eigenvalue weighted by Gasteiger charge is -2.13. The van der Waals surface area contributed by atoms with Crippen molar-refractivity contribution in [2.45, 2.75) is 6.92 Å². The Labute approximate surface area is 138 Å². The number of nitrogens with one attached hydrogen (secondary N) is 3. The molecule has 0 aromatic heterocycles. The van der Waals surface area contributed by atoms with Gasteiger partial charge in [-0.25, -0.2) is 4.79 Å². The number of urea groups is 1. The standard InChI is InChI=1S/C16H16ClN3O3/c1-10(21)18-13-6-7-15(23-2)14(9-13)20-16(22)19-12-5-3-4-11(17)8-12/h3-9H,1-2H3,(H,18,21)(H2,19,20,22). The van der Waals surface area contributed by atoms with E-state index in [-0.39, 0.29) is 5.91 Å². The highest BCUT2D eigenvalue weighted by Crippen LogP contribution is 2.28. The van der Waals surface area contributed by atoms with E-state index in [1.807, 2.05) is 0 Å². The lowest BCUT2D eigenvalue weighted by atomic mass is 10.2. The normalized spacial score (nSPS) is 9.87. The van der Waals surface area contributed by atoms with E-state index in [4.69, 9.17) is 16.3 Å². The summed E-state index contributed by atoms with van der Waals surface area (Å²) in [4.78, 5) is 23.2. The molecule has 6 nitrogen and oxygen atoms in total. The second-order valence-electron chi connectivity index (χ2n) is 4.69. The van der Waals surface area contributed by atoms with Crippen molar-refractivity contribution in [1.29, 1.82) is 0 Å². The molecule has 0 aliphatic heterocycles. The van der Waals surface area contributed by atoms with E-state index in [2.05, 4.69) is 16.0 Å². The maximum atomic E-state index is 12.1. The molecule has 0 aliphatic carbocycles. The lowest BCUT2D eigenvalue weighted by molar-refractivity contribution is -0.114. The molecule has 2 aromatic carbocycles. The number of methoxy groups -OCH3 is 1. The lowest BCUT2D eigenvalue weighted by Crippen LogP contribution is -2.20. The van der Waals surface area contributed by atoms with Gasteiger partial charge < -0.3 is 20.7 Å². The summed E-state index contributed by atoms with van der Waals surface area (Å²) < 4.78 is 5.20. The number of ether oxygens (including phenoxy) is 1. The summed E-state index contributed by atoms with van der Waals surface area (Å²) in [7, 11) is 1.49. The fourth-order valence-corrected chi connectivity index (χ4v) is 2.13. The molecule has 0 unspecified atom stereocenters. The third-order valence-corrected chi connectivity index (χ3v) is 3.09. The van der Waals surface area contributed by atoms with Crippen molar-refractivity contribution in [3.63, 3.8) is 0 Å². The van der Waals surface area contributed by atoms with Crippen LogP contribution in [0.3, 0.4) is 0 Å². The first kappa shape index (κ1) is 16.6. The molecule has 0 aliphatic rings. The van der Waals surface area contributed by atoms with E-state index >= 15 is 0 Å². The van der Waals surface area contributed by atoms with Gasteiger partial charge in [-0.15, -0.1) is 0 Å². The number of carbonyl (C=O) groups is 2. The Balaban J connectivity index is 2.13. The van der Waals surface area contributed by atoms with E-state index < -0.39 is 6.03 Å². The Morgan fingerprint density at radius 2 is 1.74 bits per heavy atom. The quantitative estimate of drug-likeness (QED) is 0.792. The van der Waals surface area contributed by atoms with Gasteiger partial charge in [-0.2, -0.15) is 0 Å². The van der Waals surface area contributed by atoms with Gasteiger partial charge in [-0.1, -0.05) is 17.7 Å². The molecule has 0 fully saturated rings. The molecular weight excluding hydrogens is 318 g/mol. The second kappa shape index (κ2) is 7.51. The van der Waals surface area contributed by atoms with Crippen LogP contribution < -0.4 is 20.7 Å². The number of hydrogen-bond acceptors (Lipinski definition) is 3. The zero-order valence-corrected chi connectivity index (χ0v) is 13.4. The van der Waals surface area contributed by atoms with E-state index in [0.717, 1.165) is 0 Å². The monoisotopic (exact) mass is 333 g/mol. The zero-order chi connectivity index (χ0) is 16.8. The molecule has 0 saturated carbocycles. The van der Waals surface area contributed by atoms with Crippen LogP contribution in [0.4, 0.5) is 21.9 Å². The fraction of sp³-hybridized carbons (Fsp3) is 0.125. The van der Waals surface area contributed by atoms with E-state index in [1.165, 1.54) is 14.0 Å².